The SMILES string of the molecule is CN1C2CC(O[Si](c3ccccc3)(c3ccccc3)C(C)(C)C)CC1C(O)C2. The topological polar surface area (TPSA) is 32.7 Å². The Morgan fingerprint density at radius 1 is 0.893 bits per heavy atom. The van der Waals surface area contributed by atoms with Gasteiger partial charge in [0, 0.05) is 18.2 Å². The molecule has 1 N–H and O–H groups in total. The quantitative estimate of drug-likeness (QED) is 0.807. The number of rotatable bonds is 4. The summed E-state index contributed by atoms with van der Waals surface area (Å²) < 4.78 is 7.29. The smallest absolute Gasteiger partial charge is 0.261 e. The molecule has 4 unspecified atom stereocenters. The summed E-state index contributed by atoms with van der Waals surface area (Å²) in [6.07, 6.45) is 2.77. The van der Waals surface area contributed by atoms with Gasteiger partial charge < -0.3 is 9.53 Å². The molecule has 2 aliphatic rings. The fourth-order valence-electron chi connectivity index (χ4n) is 5.44. The van der Waals surface area contributed by atoms with Gasteiger partial charge in [-0.2, -0.15) is 0 Å². The molecular formula is C24H33NO2Si. The van der Waals surface area contributed by atoms with E-state index in [1.54, 1.807) is 0 Å². The Hall–Kier alpha value is -1.46. The maximum absolute atomic E-state index is 10.5. The van der Waals surface area contributed by atoms with Crippen molar-refractivity contribution in [1.82, 2.24) is 4.90 Å². The van der Waals surface area contributed by atoms with Crippen LogP contribution < -0.4 is 10.4 Å². The Labute approximate surface area is 170 Å². The molecule has 4 atom stereocenters. The van der Waals surface area contributed by atoms with Gasteiger partial charge in [0.25, 0.3) is 8.32 Å². The summed E-state index contributed by atoms with van der Waals surface area (Å²) in [5.74, 6) is 0. The Balaban J connectivity index is 1.78. The van der Waals surface area contributed by atoms with Gasteiger partial charge in [-0.1, -0.05) is 81.4 Å². The monoisotopic (exact) mass is 395 g/mol. The number of aliphatic hydroxyl groups is 1. The third-order valence-electron chi connectivity index (χ3n) is 6.86. The van der Waals surface area contributed by atoms with Crippen LogP contribution in [0.15, 0.2) is 60.7 Å². The van der Waals surface area contributed by atoms with Crippen molar-refractivity contribution in [3.05, 3.63) is 60.7 Å². The first-order valence-electron chi connectivity index (χ1n) is 10.5. The van der Waals surface area contributed by atoms with Crippen molar-refractivity contribution < 1.29 is 9.53 Å². The van der Waals surface area contributed by atoms with Crippen LogP contribution in [-0.2, 0) is 4.43 Å². The maximum Gasteiger partial charge on any atom is 0.261 e. The van der Waals surface area contributed by atoms with Crippen molar-refractivity contribution in [3.63, 3.8) is 0 Å². The number of benzene rings is 2. The molecule has 2 aliphatic heterocycles. The second kappa shape index (κ2) is 7.41. The van der Waals surface area contributed by atoms with E-state index >= 15 is 0 Å². The number of nitrogens with zero attached hydrogens (tertiary/aromatic N) is 1. The minimum Gasteiger partial charge on any atom is -0.404 e. The molecule has 2 fully saturated rings. The summed E-state index contributed by atoms with van der Waals surface area (Å²) >= 11 is 0. The Morgan fingerprint density at radius 2 is 1.43 bits per heavy atom. The zero-order valence-electron chi connectivity index (χ0n) is 17.5. The van der Waals surface area contributed by atoms with Crippen molar-refractivity contribution in [2.75, 3.05) is 7.05 Å². The summed E-state index contributed by atoms with van der Waals surface area (Å²) in [7, 11) is -0.355. The predicted molar refractivity (Wildman–Crippen MR) is 118 cm³/mol. The highest BCUT2D eigenvalue weighted by molar-refractivity contribution is 6.99. The fraction of sp³-hybridized carbons (Fsp3) is 0.500. The summed E-state index contributed by atoms with van der Waals surface area (Å²) in [5, 5.41) is 13.2. The summed E-state index contributed by atoms with van der Waals surface area (Å²) in [6, 6.07) is 22.4. The molecule has 2 heterocycles. The maximum atomic E-state index is 10.5. The molecule has 2 aromatic rings. The molecule has 3 nitrogen and oxygen atoms in total. The molecule has 0 spiro atoms. The van der Waals surface area contributed by atoms with E-state index < -0.39 is 8.32 Å². The number of fused-ring (bicyclic) bond motifs is 2. The number of piperidine rings is 1. The molecule has 0 aromatic heterocycles. The molecule has 0 saturated carbocycles. The van der Waals surface area contributed by atoms with Crippen LogP contribution >= 0.6 is 0 Å². The zero-order chi connectivity index (χ0) is 19.9. The Kier molecular flexibility index (Phi) is 5.25. The van der Waals surface area contributed by atoms with Gasteiger partial charge in [-0.25, -0.2) is 0 Å². The van der Waals surface area contributed by atoms with Gasteiger partial charge in [-0.15, -0.1) is 0 Å². The van der Waals surface area contributed by atoms with Crippen LogP contribution in [-0.4, -0.2) is 49.7 Å². The molecule has 2 saturated heterocycles. The van der Waals surface area contributed by atoms with Crippen LogP contribution in [0.25, 0.3) is 0 Å². The third kappa shape index (κ3) is 3.26. The van der Waals surface area contributed by atoms with E-state index in [1.807, 2.05) is 0 Å². The van der Waals surface area contributed by atoms with E-state index in [9.17, 15) is 5.11 Å². The summed E-state index contributed by atoms with van der Waals surface area (Å²) in [5.41, 5.74) is 0. The average Bonchev–Trinajstić information content (AvgIpc) is 2.84. The van der Waals surface area contributed by atoms with E-state index in [4.69, 9.17) is 4.43 Å². The van der Waals surface area contributed by atoms with Gasteiger partial charge >= 0.3 is 0 Å². The van der Waals surface area contributed by atoms with E-state index in [-0.39, 0.29) is 23.3 Å². The molecule has 0 radical (unpaired) electrons. The lowest BCUT2D eigenvalue weighted by Gasteiger charge is -2.47. The van der Waals surface area contributed by atoms with Crippen LogP contribution in [0.1, 0.15) is 40.0 Å². The van der Waals surface area contributed by atoms with Crippen molar-refractivity contribution in [3.8, 4) is 0 Å². The van der Waals surface area contributed by atoms with Crippen molar-refractivity contribution >= 4 is 18.7 Å². The van der Waals surface area contributed by atoms with Crippen molar-refractivity contribution in [2.24, 2.45) is 0 Å². The number of aliphatic hydroxyl groups excluding tert-OH is 1. The number of likely N-dealkylation sites (N-methyl/N-ethyl adjacent to an activating group) is 1. The van der Waals surface area contributed by atoms with Gasteiger partial charge in [0.15, 0.2) is 0 Å². The summed E-state index contributed by atoms with van der Waals surface area (Å²) in [6.45, 7) is 6.99. The van der Waals surface area contributed by atoms with Crippen molar-refractivity contribution in [1.29, 1.82) is 0 Å². The highest BCUT2D eigenvalue weighted by atomic mass is 28.4. The van der Waals surface area contributed by atoms with Crippen molar-refractivity contribution in [2.45, 2.75) is 69.4 Å². The standard InChI is InChI=1S/C24H33NO2Si/c1-24(2,3)28(20-11-7-5-8-12-20,21-13-9-6-10-14-21)27-19-15-18-16-23(26)22(17-19)25(18)4/h5-14,18-19,22-23,26H,15-17H2,1-4H3. The molecular weight excluding hydrogens is 362 g/mol. The second-order valence-electron chi connectivity index (χ2n) is 9.56. The first kappa shape index (κ1) is 19.8. The third-order valence-corrected chi connectivity index (χ3v) is 11.9. The van der Waals surface area contributed by atoms with Gasteiger partial charge in [-0.3, -0.25) is 4.90 Å². The van der Waals surface area contributed by atoms with Gasteiger partial charge in [0.05, 0.1) is 6.10 Å². The molecule has 4 heteroatoms. The minimum absolute atomic E-state index is 0.00325. The summed E-state index contributed by atoms with van der Waals surface area (Å²) in [4.78, 5) is 2.37. The van der Waals surface area contributed by atoms with E-state index in [2.05, 4.69) is 93.4 Å². The van der Waals surface area contributed by atoms with E-state index in [1.165, 1.54) is 10.4 Å². The molecule has 2 aromatic carbocycles. The molecule has 0 amide bonds. The first-order valence-corrected chi connectivity index (χ1v) is 12.4. The van der Waals surface area contributed by atoms with Crippen LogP contribution in [0.3, 0.4) is 0 Å². The van der Waals surface area contributed by atoms with Gasteiger partial charge in [0.2, 0.25) is 0 Å². The predicted octanol–water partition coefficient (Wildman–Crippen LogP) is 3.16. The van der Waals surface area contributed by atoms with Crippen LogP contribution in [0.2, 0.25) is 5.04 Å². The highest BCUT2D eigenvalue weighted by Gasteiger charge is 2.53. The zero-order valence-corrected chi connectivity index (χ0v) is 18.5. The van der Waals surface area contributed by atoms with E-state index in [0.29, 0.717) is 6.04 Å². The number of hydrogen-bond donors (Lipinski definition) is 1. The lowest BCUT2D eigenvalue weighted by molar-refractivity contribution is 0.0358. The normalized spacial score (nSPS) is 28.5. The molecule has 0 aliphatic carbocycles. The minimum atomic E-state index is -2.51. The lowest BCUT2D eigenvalue weighted by atomic mass is 10.0. The molecule has 28 heavy (non-hydrogen) atoms. The van der Waals surface area contributed by atoms with Gasteiger partial charge in [0.1, 0.15) is 0 Å². The molecule has 2 bridgehead atoms. The Morgan fingerprint density at radius 3 is 1.89 bits per heavy atom. The Bertz CT molecular complexity index is 750. The van der Waals surface area contributed by atoms with Crippen LogP contribution in [0.5, 0.6) is 0 Å². The highest BCUT2D eigenvalue weighted by Crippen LogP contribution is 2.42. The molecule has 4 rings (SSSR count). The van der Waals surface area contributed by atoms with Gasteiger partial charge in [-0.05, 0) is 41.7 Å². The lowest BCUT2D eigenvalue weighted by Crippen LogP contribution is -2.68. The largest absolute Gasteiger partial charge is 0.404 e. The second-order valence-corrected chi connectivity index (χ2v) is 13.8. The first-order chi connectivity index (χ1) is 13.3. The van der Waals surface area contributed by atoms with E-state index in [0.717, 1.165) is 19.3 Å². The molecule has 150 valence electrons. The van der Waals surface area contributed by atoms with Crippen LogP contribution in [0.4, 0.5) is 0 Å². The average molecular weight is 396 g/mol. The fourth-order valence-corrected chi connectivity index (χ4v) is 10.1. The number of hydrogen-bond acceptors (Lipinski definition) is 3. The van der Waals surface area contributed by atoms with Crippen LogP contribution in [0, 0.1) is 0 Å².